The van der Waals surface area contributed by atoms with Gasteiger partial charge in [0.1, 0.15) is 6.61 Å². The van der Waals surface area contributed by atoms with Crippen molar-refractivity contribution < 1.29 is 34.0 Å². The molecule has 0 radical (unpaired) electrons. The smallest absolute Gasteiger partial charge is 0.338 e. The molecule has 2 heterocycles. The Morgan fingerprint density at radius 1 is 1.00 bits per heavy atom. The SMILES string of the molecule is O=Cc1c(O)c(O)cc2cc3c(c(-c4ccc5c(c4)OCO5)c12)COC3=O. The van der Waals surface area contributed by atoms with Crippen molar-refractivity contribution in [3.05, 3.63) is 47.0 Å². The summed E-state index contributed by atoms with van der Waals surface area (Å²) < 4.78 is 15.9. The average Bonchev–Trinajstić information content (AvgIpc) is 3.28. The van der Waals surface area contributed by atoms with E-state index in [2.05, 4.69) is 0 Å². The highest BCUT2D eigenvalue weighted by Crippen LogP contribution is 2.46. The van der Waals surface area contributed by atoms with Crippen LogP contribution in [0.2, 0.25) is 0 Å². The lowest BCUT2D eigenvalue weighted by molar-refractivity contribution is 0.0535. The molecule has 7 nitrogen and oxygen atoms in total. The molecule has 7 heteroatoms. The van der Waals surface area contributed by atoms with E-state index >= 15 is 0 Å². The second kappa shape index (κ2) is 5.38. The molecular formula is C20H12O7. The number of cyclic esters (lactones) is 1. The van der Waals surface area contributed by atoms with E-state index in [4.69, 9.17) is 14.2 Å². The molecule has 0 fully saturated rings. The van der Waals surface area contributed by atoms with E-state index in [1.54, 1.807) is 24.3 Å². The molecule has 0 saturated heterocycles. The number of carbonyl (C=O) groups is 2. The summed E-state index contributed by atoms with van der Waals surface area (Å²) in [4.78, 5) is 23.9. The molecule has 3 aromatic rings. The van der Waals surface area contributed by atoms with Crippen molar-refractivity contribution in [3.63, 3.8) is 0 Å². The molecular weight excluding hydrogens is 352 g/mol. The van der Waals surface area contributed by atoms with Gasteiger partial charge in [-0.15, -0.1) is 0 Å². The summed E-state index contributed by atoms with van der Waals surface area (Å²) >= 11 is 0. The highest BCUT2D eigenvalue weighted by Gasteiger charge is 2.29. The van der Waals surface area contributed by atoms with Crippen molar-refractivity contribution in [1.29, 1.82) is 0 Å². The number of hydrogen-bond donors (Lipinski definition) is 2. The van der Waals surface area contributed by atoms with Crippen molar-refractivity contribution in [3.8, 4) is 34.1 Å². The summed E-state index contributed by atoms with van der Waals surface area (Å²) in [7, 11) is 0. The van der Waals surface area contributed by atoms with Gasteiger partial charge < -0.3 is 24.4 Å². The molecule has 0 saturated carbocycles. The molecule has 0 amide bonds. The molecule has 2 aliphatic heterocycles. The Balaban J connectivity index is 1.94. The summed E-state index contributed by atoms with van der Waals surface area (Å²) in [6.07, 6.45) is 0.484. The van der Waals surface area contributed by atoms with E-state index in [9.17, 15) is 19.8 Å². The molecule has 2 N–H and O–H groups in total. The summed E-state index contributed by atoms with van der Waals surface area (Å²) in [6.45, 7) is 0.163. The van der Waals surface area contributed by atoms with Crippen LogP contribution in [0, 0.1) is 0 Å². The van der Waals surface area contributed by atoms with Crippen LogP contribution in [0.3, 0.4) is 0 Å². The monoisotopic (exact) mass is 364 g/mol. The Morgan fingerprint density at radius 2 is 1.81 bits per heavy atom. The minimum atomic E-state index is -0.510. The fourth-order valence-electron chi connectivity index (χ4n) is 3.65. The van der Waals surface area contributed by atoms with Crippen LogP contribution in [-0.2, 0) is 11.3 Å². The summed E-state index contributed by atoms with van der Waals surface area (Å²) in [6, 6.07) is 8.15. The number of benzene rings is 3. The first kappa shape index (κ1) is 15.5. The Labute approximate surface area is 152 Å². The fraction of sp³-hybridized carbons (Fsp3) is 0.100. The highest BCUT2D eigenvalue weighted by molar-refractivity contribution is 6.14. The first-order chi connectivity index (χ1) is 13.1. The Bertz CT molecular complexity index is 1160. The zero-order valence-corrected chi connectivity index (χ0v) is 13.8. The largest absolute Gasteiger partial charge is 0.504 e. The number of phenolic OH excluding ortho intramolecular Hbond substituents is 2. The van der Waals surface area contributed by atoms with Crippen LogP contribution in [0.5, 0.6) is 23.0 Å². The maximum atomic E-state index is 12.1. The van der Waals surface area contributed by atoms with E-state index in [1.165, 1.54) is 6.07 Å². The number of fused-ring (bicyclic) bond motifs is 3. The lowest BCUT2D eigenvalue weighted by Crippen LogP contribution is -1.98. The zero-order valence-electron chi connectivity index (χ0n) is 13.8. The van der Waals surface area contributed by atoms with E-state index in [0.717, 1.165) is 0 Å². The standard InChI is InChI=1S/C20H12O7/c21-6-12-18-10(4-14(22)19(12)23)3-11-13(7-25-20(11)24)17(18)9-1-2-15-16(5-9)27-8-26-15/h1-6,22-23H,7-8H2. The molecule has 134 valence electrons. The van der Waals surface area contributed by atoms with Gasteiger partial charge in [-0.1, -0.05) is 6.07 Å². The van der Waals surface area contributed by atoms with Gasteiger partial charge in [0, 0.05) is 10.9 Å². The van der Waals surface area contributed by atoms with E-state index in [-0.39, 0.29) is 19.0 Å². The van der Waals surface area contributed by atoms with Gasteiger partial charge in [-0.2, -0.15) is 0 Å². The number of aldehydes is 1. The Kier molecular flexibility index (Phi) is 3.09. The first-order valence-corrected chi connectivity index (χ1v) is 8.15. The van der Waals surface area contributed by atoms with Crippen LogP contribution in [0.25, 0.3) is 21.9 Å². The number of aromatic hydroxyl groups is 2. The number of rotatable bonds is 2. The molecule has 0 aromatic heterocycles. The number of ether oxygens (including phenoxy) is 3. The van der Waals surface area contributed by atoms with Crippen molar-refractivity contribution in [2.24, 2.45) is 0 Å². The highest BCUT2D eigenvalue weighted by atomic mass is 16.7. The van der Waals surface area contributed by atoms with Crippen LogP contribution in [-0.4, -0.2) is 29.3 Å². The molecule has 0 bridgehead atoms. The van der Waals surface area contributed by atoms with Crippen molar-refractivity contribution in [1.82, 2.24) is 0 Å². The third-order valence-corrected chi connectivity index (χ3v) is 4.87. The zero-order chi connectivity index (χ0) is 18.7. The van der Waals surface area contributed by atoms with Gasteiger partial charge in [0.15, 0.2) is 29.3 Å². The maximum absolute atomic E-state index is 12.1. The van der Waals surface area contributed by atoms with E-state index < -0.39 is 17.5 Å². The van der Waals surface area contributed by atoms with Crippen LogP contribution in [0.4, 0.5) is 0 Å². The third-order valence-electron chi connectivity index (χ3n) is 4.87. The first-order valence-electron chi connectivity index (χ1n) is 8.15. The number of hydrogen-bond acceptors (Lipinski definition) is 7. The number of esters is 1. The van der Waals surface area contributed by atoms with Gasteiger partial charge in [-0.05, 0) is 40.8 Å². The summed E-state index contributed by atoms with van der Waals surface area (Å²) in [5.74, 6) is -0.287. The quantitative estimate of drug-likeness (QED) is 0.409. The second-order valence-electron chi connectivity index (χ2n) is 6.30. The molecule has 0 aliphatic carbocycles. The third kappa shape index (κ3) is 2.08. The second-order valence-corrected chi connectivity index (χ2v) is 6.30. The number of carbonyl (C=O) groups excluding carboxylic acids is 2. The van der Waals surface area contributed by atoms with Gasteiger partial charge in [-0.3, -0.25) is 4.79 Å². The Hall–Kier alpha value is -3.74. The minimum Gasteiger partial charge on any atom is -0.504 e. The molecule has 27 heavy (non-hydrogen) atoms. The lowest BCUT2D eigenvalue weighted by Gasteiger charge is -2.15. The minimum absolute atomic E-state index is 0.0494. The van der Waals surface area contributed by atoms with E-state index in [0.29, 0.717) is 50.8 Å². The van der Waals surface area contributed by atoms with Gasteiger partial charge in [0.2, 0.25) is 6.79 Å². The van der Waals surface area contributed by atoms with E-state index in [1.807, 2.05) is 0 Å². The average molecular weight is 364 g/mol. The van der Waals surface area contributed by atoms with Crippen LogP contribution in [0.1, 0.15) is 26.3 Å². The van der Waals surface area contributed by atoms with Crippen LogP contribution < -0.4 is 9.47 Å². The normalized spacial score (nSPS) is 14.3. The fourth-order valence-corrected chi connectivity index (χ4v) is 3.65. The maximum Gasteiger partial charge on any atom is 0.338 e. The van der Waals surface area contributed by atoms with Crippen molar-refractivity contribution in [2.45, 2.75) is 6.61 Å². The molecule has 2 aliphatic rings. The predicted molar refractivity (Wildman–Crippen MR) is 93.3 cm³/mol. The molecule has 5 rings (SSSR count). The summed E-state index contributed by atoms with van der Waals surface area (Å²) in [5.41, 5.74) is 2.16. The predicted octanol–water partition coefficient (Wildman–Crippen LogP) is 3.13. The van der Waals surface area contributed by atoms with Crippen molar-refractivity contribution in [2.75, 3.05) is 6.79 Å². The van der Waals surface area contributed by atoms with Crippen LogP contribution in [0.15, 0.2) is 30.3 Å². The van der Waals surface area contributed by atoms with Crippen molar-refractivity contribution >= 4 is 23.0 Å². The summed E-state index contributed by atoms with van der Waals surface area (Å²) in [5, 5.41) is 21.0. The lowest BCUT2D eigenvalue weighted by atomic mass is 9.88. The van der Waals surface area contributed by atoms with Gasteiger partial charge in [0.25, 0.3) is 0 Å². The Morgan fingerprint density at radius 3 is 2.63 bits per heavy atom. The molecule has 0 spiro atoms. The van der Waals surface area contributed by atoms with Gasteiger partial charge in [-0.25, -0.2) is 4.79 Å². The van der Waals surface area contributed by atoms with Gasteiger partial charge in [0.05, 0.1) is 11.1 Å². The van der Waals surface area contributed by atoms with Crippen LogP contribution >= 0.6 is 0 Å². The number of phenols is 2. The van der Waals surface area contributed by atoms with Gasteiger partial charge >= 0.3 is 5.97 Å². The topological polar surface area (TPSA) is 102 Å². The molecule has 3 aromatic carbocycles. The molecule has 0 atom stereocenters. The molecule has 0 unspecified atom stereocenters.